The number of halogens is 4. The average molecular weight is 511 g/mol. The van der Waals surface area contributed by atoms with Gasteiger partial charge in [-0.1, -0.05) is 30.3 Å². The zero-order valence-corrected chi connectivity index (χ0v) is 19.7. The number of pyridine rings is 1. The van der Waals surface area contributed by atoms with Gasteiger partial charge >= 0.3 is 6.18 Å². The van der Waals surface area contributed by atoms with Gasteiger partial charge in [0.2, 0.25) is 0 Å². The molecule has 7 nitrogen and oxygen atoms in total. The van der Waals surface area contributed by atoms with E-state index in [1.54, 1.807) is 36.4 Å². The highest BCUT2D eigenvalue weighted by molar-refractivity contribution is 6.06. The summed E-state index contributed by atoms with van der Waals surface area (Å²) in [5, 5.41) is 6.45. The van der Waals surface area contributed by atoms with Crippen LogP contribution in [0.15, 0.2) is 66.9 Å². The number of rotatable bonds is 6. The molecule has 4 rings (SSSR count). The maximum Gasteiger partial charge on any atom is 0.417 e. The zero-order valence-electron chi connectivity index (χ0n) is 19.7. The van der Waals surface area contributed by atoms with E-state index in [4.69, 9.17) is 5.73 Å². The van der Waals surface area contributed by atoms with Crippen molar-refractivity contribution in [2.45, 2.75) is 19.1 Å². The lowest BCUT2D eigenvalue weighted by Gasteiger charge is -2.16. The number of amides is 1. The van der Waals surface area contributed by atoms with Gasteiger partial charge in [0.15, 0.2) is 5.78 Å². The van der Waals surface area contributed by atoms with Gasteiger partial charge in [0.1, 0.15) is 17.7 Å². The Hall–Kier alpha value is -4.38. The summed E-state index contributed by atoms with van der Waals surface area (Å²) in [5.41, 5.74) is 4.70. The number of hydrogen-bond acceptors (Lipinski definition) is 5. The standard InChI is InChI=1S/C26H21F4N5O2/c1-14(36)23(31)22-9-8-16(15-6-4-3-5-7-15)24(32-22)33-25(37)18-12-17(21-10-11-35(2)34-21)19(13-20(18)27)26(28,29)30/h3-13,23H,31H2,1-2H3,(H,32,33,37). The molecule has 2 aromatic heterocycles. The minimum atomic E-state index is -4.89. The van der Waals surface area contributed by atoms with E-state index in [2.05, 4.69) is 15.4 Å². The molecule has 1 unspecified atom stereocenters. The monoisotopic (exact) mass is 511 g/mol. The molecule has 4 aromatic rings. The van der Waals surface area contributed by atoms with E-state index >= 15 is 0 Å². The number of ketones is 1. The Kier molecular flexibility index (Phi) is 6.90. The Balaban J connectivity index is 1.81. The van der Waals surface area contributed by atoms with Crippen molar-refractivity contribution in [1.82, 2.24) is 14.8 Å². The molecule has 2 aromatic carbocycles. The third-order valence-electron chi connectivity index (χ3n) is 5.64. The van der Waals surface area contributed by atoms with Crippen LogP contribution in [0.25, 0.3) is 22.4 Å². The first-order chi connectivity index (χ1) is 17.5. The van der Waals surface area contributed by atoms with Gasteiger partial charge < -0.3 is 11.1 Å². The molecule has 0 aliphatic rings. The second-order valence-corrected chi connectivity index (χ2v) is 8.29. The summed E-state index contributed by atoms with van der Waals surface area (Å²) in [6.45, 7) is 1.28. The number of Topliss-reactive ketones (excluding diaryl/α,β-unsaturated/α-hetero) is 1. The highest BCUT2D eigenvalue weighted by atomic mass is 19.4. The summed E-state index contributed by atoms with van der Waals surface area (Å²) >= 11 is 0. The molecular weight excluding hydrogens is 490 g/mol. The normalized spacial score (nSPS) is 12.3. The number of nitrogens with zero attached hydrogens (tertiary/aromatic N) is 3. The van der Waals surface area contributed by atoms with Crippen molar-refractivity contribution in [3.05, 3.63) is 89.5 Å². The second-order valence-electron chi connectivity index (χ2n) is 8.29. The summed E-state index contributed by atoms with van der Waals surface area (Å²) in [6.07, 6.45) is -3.46. The summed E-state index contributed by atoms with van der Waals surface area (Å²) in [7, 11) is 1.52. The predicted molar refractivity (Wildman–Crippen MR) is 129 cm³/mol. The Labute approximate surface area is 208 Å². The van der Waals surface area contributed by atoms with Crippen molar-refractivity contribution >= 4 is 17.5 Å². The lowest BCUT2D eigenvalue weighted by atomic mass is 9.99. The van der Waals surface area contributed by atoms with Crippen LogP contribution in [0.4, 0.5) is 23.4 Å². The fraction of sp³-hybridized carbons (Fsp3) is 0.154. The quantitative estimate of drug-likeness (QED) is 0.349. The maximum absolute atomic E-state index is 14.9. The molecule has 0 radical (unpaired) electrons. The molecule has 2 heterocycles. The van der Waals surface area contributed by atoms with Crippen LogP contribution in [0.1, 0.15) is 34.6 Å². The third-order valence-corrected chi connectivity index (χ3v) is 5.64. The van der Waals surface area contributed by atoms with Crippen molar-refractivity contribution in [2.24, 2.45) is 12.8 Å². The van der Waals surface area contributed by atoms with Crippen molar-refractivity contribution in [1.29, 1.82) is 0 Å². The SMILES string of the molecule is CC(=O)C(N)c1ccc(-c2ccccc2)c(NC(=O)c2cc(-c3ccn(C)n3)c(C(F)(F)F)cc2F)n1. The van der Waals surface area contributed by atoms with E-state index in [1.807, 2.05) is 0 Å². The molecule has 0 saturated heterocycles. The number of anilines is 1. The molecule has 3 N–H and O–H groups in total. The molecule has 0 aliphatic carbocycles. The number of nitrogens with one attached hydrogen (secondary N) is 1. The third kappa shape index (κ3) is 5.41. The zero-order chi connectivity index (χ0) is 26.9. The van der Waals surface area contributed by atoms with Gasteiger partial charge in [-0.2, -0.15) is 18.3 Å². The van der Waals surface area contributed by atoms with Crippen LogP contribution in [-0.2, 0) is 18.0 Å². The summed E-state index contributed by atoms with van der Waals surface area (Å²) in [4.78, 5) is 29.3. The number of carbonyl (C=O) groups excluding carboxylic acids is 2. The van der Waals surface area contributed by atoms with Crippen LogP contribution in [0.2, 0.25) is 0 Å². The second kappa shape index (κ2) is 9.94. The molecule has 1 atom stereocenters. The van der Waals surface area contributed by atoms with Crippen molar-refractivity contribution in [3.63, 3.8) is 0 Å². The first kappa shape index (κ1) is 25.7. The molecule has 0 aliphatic heterocycles. The van der Waals surface area contributed by atoms with Gasteiger partial charge in [0.05, 0.1) is 22.5 Å². The van der Waals surface area contributed by atoms with Gasteiger partial charge in [0, 0.05) is 24.4 Å². The number of benzene rings is 2. The number of carbonyl (C=O) groups is 2. The molecule has 1 amide bonds. The lowest BCUT2D eigenvalue weighted by Crippen LogP contribution is -2.22. The number of hydrogen-bond donors (Lipinski definition) is 2. The predicted octanol–water partition coefficient (Wildman–Crippen LogP) is 5.15. The highest BCUT2D eigenvalue weighted by Gasteiger charge is 2.36. The maximum atomic E-state index is 14.9. The van der Waals surface area contributed by atoms with Crippen LogP contribution in [-0.4, -0.2) is 26.5 Å². The Bertz CT molecular complexity index is 1480. The van der Waals surface area contributed by atoms with E-state index < -0.39 is 40.6 Å². The van der Waals surface area contributed by atoms with Crippen LogP contribution in [0.3, 0.4) is 0 Å². The highest BCUT2D eigenvalue weighted by Crippen LogP contribution is 2.38. The molecule has 0 spiro atoms. The lowest BCUT2D eigenvalue weighted by molar-refractivity contribution is -0.137. The van der Waals surface area contributed by atoms with Gasteiger partial charge in [0.25, 0.3) is 5.91 Å². The Morgan fingerprint density at radius 2 is 1.73 bits per heavy atom. The van der Waals surface area contributed by atoms with Gasteiger partial charge in [-0.25, -0.2) is 9.37 Å². The minimum Gasteiger partial charge on any atom is -0.317 e. The minimum absolute atomic E-state index is 0.0379. The summed E-state index contributed by atoms with van der Waals surface area (Å²) < 4.78 is 57.2. The van der Waals surface area contributed by atoms with Gasteiger partial charge in [-0.15, -0.1) is 0 Å². The first-order valence-electron chi connectivity index (χ1n) is 11.0. The topological polar surface area (TPSA) is 103 Å². The molecule has 0 bridgehead atoms. The Morgan fingerprint density at radius 3 is 2.32 bits per heavy atom. The van der Waals surface area contributed by atoms with Gasteiger partial charge in [-0.05, 0) is 42.8 Å². The van der Waals surface area contributed by atoms with Crippen LogP contribution in [0.5, 0.6) is 0 Å². The number of nitrogens with two attached hydrogens (primary N) is 1. The Morgan fingerprint density at radius 1 is 1.03 bits per heavy atom. The average Bonchev–Trinajstić information content (AvgIpc) is 3.29. The van der Waals surface area contributed by atoms with Crippen molar-refractivity contribution in [2.75, 3.05) is 5.32 Å². The molecule has 0 fully saturated rings. The van der Waals surface area contributed by atoms with Crippen molar-refractivity contribution in [3.8, 4) is 22.4 Å². The largest absolute Gasteiger partial charge is 0.417 e. The summed E-state index contributed by atoms with van der Waals surface area (Å²) in [6, 6.07) is 13.2. The smallest absolute Gasteiger partial charge is 0.317 e. The van der Waals surface area contributed by atoms with E-state index in [0.717, 1.165) is 6.07 Å². The molecule has 190 valence electrons. The molecule has 37 heavy (non-hydrogen) atoms. The van der Waals surface area contributed by atoms with Gasteiger partial charge in [-0.3, -0.25) is 14.3 Å². The van der Waals surface area contributed by atoms with E-state index in [-0.39, 0.29) is 29.1 Å². The van der Waals surface area contributed by atoms with Crippen LogP contribution >= 0.6 is 0 Å². The van der Waals surface area contributed by atoms with Crippen LogP contribution in [0, 0.1) is 5.82 Å². The molecule has 0 saturated carbocycles. The van der Waals surface area contributed by atoms with E-state index in [1.165, 1.54) is 37.0 Å². The summed E-state index contributed by atoms with van der Waals surface area (Å²) in [5.74, 6) is -2.82. The van der Waals surface area contributed by atoms with E-state index in [9.17, 15) is 27.2 Å². The fourth-order valence-corrected chi connectivity index (χ4v) is 3.73. The fourth-order valence-electron chi connectivity index (χ4n) is 3.73. The van der Waals surface area contributed by atoms with Crippen LogP contribution < -0.4 is 11.1 Å². The number of aromatic nitrogens is 3. The first-order valence-corrected chi connectivity index (χ1v) is 11.0. The van der Waals surface area contributed by atoms with Crippen molar-refractivity contribution < 1.29 is 27.2 Å². The van der Waals surface area contributed by atoms with E-state index in [0.29, 0.717) is 11.1 Å². The molecule has 11 heteroatoms. The number of aryl methyl sites for hydroxylation is 1. The molecular formula is C26H21F4N5O2. The number of alkyl halides is 3.